The molecule has 0 fully saturated rings. The van der Waals surface area contributed by atoms with Gasteiger partial charge in [0.25, 0.3) is 0 Å². The van der Waals surface area contributed by atoms with Crippen LogP contribution in [0, 0.1) is 0 Å². The summed E-state index contributed by atoms with van der Waals surface area (Å²) in [5.41, 5.74) is 0.418. The first-order valence-electron chi connectivity index (χ1n) is 2.54. The zero-order valence-electron chi connectivity index (χ0n) is 5.48. The number of alkyl halides is 1. The molecule has 0 spiro atoms. The normalized spacial score (nSPS) is 12.3. The van der Waals surface area contributed by atoms with Crippen molar-refractivity contribution in [1.29, 1.82) is 0 Å². The predicted octanol–water partition coefficient (Wildman–Crippen LogP) is 1.85. The largest absolute Gasteiger partial charge is 0.448 e. The topological polar surface area (TPSA) is 26.3 Å². The van der Waals surface area contributed by atoms with E-state index in [0.717, 1.165) is 0 Å². The van der Waals surface area contributed by atoms with Crippen molar-refractivity contribution < 1.29 is 9.53 Å². The first-order chi connectivity index (χ1) is 4.04. The quantitative estimate of drug-likeness (QED) is 0.380. The average Bonchev–Trinajstić information content (AvgIpc) is 1.63. The molecule has 0 aliphatic heterocycles. The lowest BCUT2D eigenvalue weighted by atomic mass is 10.4. The molecule has 0 aromatic heterocycles. The number of rotatable bonds is 2. The van der Waals surface area contributed by atoms with Crippen LogP contribution in [-0.2, 0) is 9.53 Å². The van der Waals surface area contributed by atoms with Crippen LogP contribution in [0.15, 0.2) is 12.2 Å². The van der Waals surface area contributed by atoms with Gasteiger partial charge in [0.1, 0.15) is 0 Å². The van der Waals surface area contributed by atoms with Crippen molar-refractivity contribution in [2.75, 3.05) is 0 Å². The van der Waals surface area contributed by atoms with Crippen molar-refractivity contribution in [1.82, 2.24) is 0 Å². The fourth-order valence-corrected chi connectivity index (χ4v) is 0.418. The van der Waals surface area contributed by atoms with E-state index in [4.69, 9.17) is 0 Å². The summed E-state index contributed by atoms with van der Waals surface area (Å²) in [6.07, 6.45) is 0. The SMILES string of the molecule is C=C(C)C(=O)OC(C)Br. The number of halogens is 1. The minimum Gasteiger partial charge on any atom is -0.448 e. The van der Waals surface area contributed by atoms with Gasteiger partial charge in [-0.3, -0.25) is 0 Å². The molecule has 9 heavy (non-hydrogen) atoms. The summed E-state index contributed by atoms with van der Waals surface area (Å²) in [5.74, 6) is -0.362. The number of carbonyl (C=O) groups excluding carboxylic acids is 1. The molecule has 0 aromatic rings. The molecular formula is C6H9BrO2. The predicted molar refractivity (Wildman–Crippen MR) is 39.3 cm³/mol. The number of hydrogen-bond acceptors (Lipinski definition) is 2. The van der Waals surface area contributed by atoms with Crippen molar-refractivity contribution >= 4 is 21.9 Å². The second kappa shape index (κ2) is 3.67. The lowest BCUT2D eigenvalue weighted by Gasteiger charge is -2.04. The van der Waals surface area contributed by atoms with Crippen molar-refractivity contribution in [3.63, 3.8) is 0 Å². The van der Waals surface area contributed by atoms with Crippen LogP contribution >= 0.6 is 15.9 Å². The van der Waals surface area contributed by atoms with Gasteiger partial charge in [-0.15, -0.1) is 0 Å². The fourth-order valence-electron chi connectivity index (χ4n) is 0.248. The molecule has 3 heteroatoms. The molecule has 0 aliphatic rings. The average molecular weight is 193 g/mol. The van der Waals surface area contributed by atoms with Crippen LogP contribution in [0.25, 0.3) is 0 Å². The summed E-state index contributed by atoms with van der Waals surface area (Å²) in [6, 6.07) is 0. The van der Waals surface area contributed by atoms with Gasteiger partial charge in [-0.25, -0.2) is 4.79 Å². The third kappa shape index (κ3) is 4.21. The maximum Gasteiger partial charge on any atom is 0.334 e. The van der Waals surface area contributed by atoms with Gasteiger partial charge in [-0.05, 0) is 29.8 Å². The summed E-state index contributed by atoms with van der Waals surface area (Å²) in [4.78, 5) is 10.6. The zero-order valence-corrected chi connectivity index (χ0v) is 7.06. The molecule has 2 nitrogen and oxygen atoms in total. The second-order valence-corrected chi connectivity index (χ2v) is 3.02. The Morgan fingerprint density at radius 2 is 2.22 bits per heavy atom. The molecule has 0 saturated carbocycles. The van der Waals surface area contributed by atoms with E-state index in [0.29, 0.717) is 5.57 Å². The standard InChI is InChI=1S/C6H9BrO2/c1-4(2)6(8)9-5(3)7/h5H,1H2,2-3H3. The first-order valence-corrected chi connectivity index (χ1v) is 3.46. The van der Waals surface area contributed by atoms with Gasteiger partial charge in [0.15, 0.2) is 5.01 Å². The molecule has 0 rings (SSSR count). The van der Waals surface area contributed by atoms with Crippen LogP contribution in [0.4, 0.5) is 0 Å². The van der Waals surface area contributed by atoms with Gasteiger partial charge in [-0.1, -0.05) is 6.58 Å². The first kappa shape index (κ1) is 8.69. The summed E-state index contributed by atoms with van der Waals surface area (Å²) >= 11 is 3.06. The molecule has 0 bridgehead atoms. The highest BCUT2D eigenvalue weighted by atomic mass is 79.9. The van der Waals surface area contributed by atoms with E-state index in [2.05, 4.69) is 27.2 Å². The molecule has 52 valence electrons. The molecule has 1 atom stereocenters. The summed E-state index contributed by atoms with van der Waals surface area (Å²) in [7, 11) is 0. The Hall–Kier alpha value is -0.310. The summed E-state index contributed by atoms with van der Waals surface area (Å²) < 4.78 is 4.69. The van der Waals surface area contributed by atoms with Crippen LogP contribution in [0.2, 0.25) is 0 Å². The van der Waals surface area contributed by atoms with Gasteiger partial charge < -0.3 is 4.74 Å². The van der Waals surface area contributed by atoms with E-state index in [1.165, 1.54) is 0 Å². The van der Waals surface area contributed by atoms with Crippen molar-refractivity contribution in [2.24, 2.45) is 0 Å². The molecule has 0 aromatic carbocycles. The Morgan fingerprint density at radius 3 is 2.33 bits per heavy atom. The number of hydrogen-bond donors (Lipinski definition) is 0. The second-order valence-electron chi connectivity index (χ2n) is 1.73. The van der Waals surface area contributed by atoms with Gasteiger partial charge in [0.2, 0.25) is 0 Å². The van der Waals surface area contributed by atoms with Gasteiger partial charge in [0.05, 0.1) is 0 Å². The van der Waals surface area contributed by atoms with Crippen molar-refractivity contribution in [3.05, 3.63) is 12.2 Å². The Labute approximate surface area is 63.0 Å². The summed E-state index contributed by atoms with van der Waals surface area (Å²) in [6.45, 7) is 6.74. The van der Waals surface area contributed by atoms with Crippen molar-refractivity contribution in [2.45, 2.75) is 18.9 Å². The fraction of sp³-hybridized carbons (Fsp3) is 0.500. The van der Waals surface area contributed by atoms with Gasteiger partial charge in [-0.2, -0.15) is 0 Å². The maximum atomic E-state index is 10.6. The Bertz CT molecular complexity index is 129. The number of esters is 1. The van der Waals surface area contributed by atoms with Crippen LogP contribution in [0.5, 0.6) is 0 Å². The van der Waals surface area contributed by atoms with E-state index < -0.39 is 0 Å². The van der Waals surface area contributed by atoms with Gasteiger partial charge >= 0.3 is 5.97 Å². The number of carbonyl (C=O) groups is 1. The molecule has 0 heterocycles. The molecule has 1 unspecified atom stereocenters. The van der Waals surface area contributed by atoms with E-state index in [9.17, 15) is 4.79 Å². The van der Waals surface area contributed by atoms with Crippen molar-refractivity contribution in [3.8, 4) is 0 Å². The molecule has 0 amide bonds. The van der Waals surface area contributed by atoms with E-state index in [1.54, 1.807) is 13.8 Å². The third-order valence-electron chi connectivity index (χ3n) is 0.618. The number of ether oxygens (including phenoxy) is 1. The molecule has 0 saturated heterocycles. The van der Waals surface area contributed by atoms with E-state index in [-0.39, 0.29) is 11.0 Å². The third-order valence-corrected chi connectivity index (χ3v) is 0.805. The van der Waals surface area contributed by atoms with E-state index in [1.807, 2.05) is 0 Å². The summed E-state index contributed by atoms with van der Waals surface area (Å²) in [5, 5.41) is -0.235. The minimum absolute atomic E-state index is 0.235. The lowest BCUT2D eigenvalue weighted by molar-refractivity contribution is -0.139. The van der Waals surface area contributed by atoms with Crippen LogP contribution in [0.3, 0.4) is 0 Å². The smallest absolute Gasteiger partial charge is 0.334 e. The Morgan fingerprint density at radius 1 is 1.78 bits per heavy atom. The minimum atomic E-state index is -0.362. The Balaban J connectivity index is 3.65. The lowest BCUT2D eigenvalue weighted by Crippen LogP contribution is -2.08. The highest BCUT2D eigenvalue weighted by Crippen LogP contribution is 2.02. The van der Waals surface area contributed by atoms with Crippen LogP contribution in [-0.4, -0.2) is 11.0 Å². The van der Waals surface area contributed by atoms with Gasteiger partial charge in [0, 0.05) is 5.57 Å². The zero-order chi connectivity index (χ0) is 7.44. The highest BCUT2D eigenvalue weighted by Gasteiger charge is 2.04. The highest BCUT2D eigenvalue weighted by molar-refractivity contribution is 9.09. The Kier molecular flexibility index (Phi) is 3.54. The van der Waals surface area contributed by atoms with E-state index >= 15 is 0 Å². The maximum absolute atomic E-state index is 10.6. The monoisotopic (exact) mass is 192 g/mol. The molecule has 0 radical (unpaired) electrons. The van der Waals surface area contributed by atoms with Crippen LogP contribution < -0.4 is 0 Å². The molecule has 0 aliphatic carbocycles. The molecular weight excluding hydrogens is 184 g/mol. The molecule has 0 N–H and O–H groups in total. The van der Waals surface area contributed by atoms with Crippen LogP contribution in [0.1, 0.15) is 13.8 Å².